The molecule has 3 aliphatic carbocycles. The zero-order chi connectivity index (χ0) is 34.9. The molecule has 3 N–H and O–H groups in total. The molecular formula is C35H33NO12. The van der Waals surface area contributed by atoms with Gasteiger partial charge in [-0.25, -0.2) is 9.59 Å². The number of pyridine rings is 1. The number of rotatable bonds is 6. The van der Waals surface area contributed by atoms with E-state index in [1.165, 1.54) is 25.4 Å². The Balaban J connectivity index is 1.69. The minimum absolute atomic E-state index is 0.00786. The molecule has 13 nitrogen and oxygen atoms in total. The number of fused-ring (bicyclic) bond motifs is 4. The first-order valence-corrected chi connectivity index (χ1v) is 15.6. The fraction of sp³-hybridized carbons (Fsp3) is 0.429. The van der Waals surface area contributed by atoms with E-state index < -0.39 is 94.1 Å². The summed E-state index contributed by atoms with van der Waals surface area (Å²) >= 11 is 0. The summed E-state index contributed by atoms with van der Waals surface area (Å²) in [4.78, 5) is 83.0. The van der Waals surface area contributed by atoms with Gasteiger partial charge in [-0.05, 0) is 54.2 Å². The predicted molar refractivity (Wildman–Crippen MR) is 165 cm³/mol. The molecule has 1 spiro atoms. The standard InChI is InChI=1S/C35H33NO12/c1-7-12(2)26(32(43)44)36-10-16-20-21(31(36)42)17(38)9-14(4)23(20)35(46-6)25-28(41)19-13(3)8-18(39)22-24(19)34(11-47-33(22)45,29(35)27(16)40)30(25)48-15(5)37/h8-10,12,25-26,29-30,38-39H,7,11H2,1-6H3,(H,43,44)/t12-,25+,26-,29-,30+,34+,35-/m1/s1. The lowest BCUT2D eigenvalue weighted by Crippen LogP contribution is -2.57. The maximum atomic E-state index is 15.3. The first kappa shape index (κ1) is 31.6. The van der Waals surface area contributed by atoms with E-state index in [1.54, 1.807) is 27.7 Å². The normalized spacial score (nSPS) is 27.6. The third kappa shape index (κ3) is 3.44. The van der Waals surface area contributed by atoms with E-state index in [0.29, 0.717) is 17.5 Å². The minimum Gasteiger partial charge on any atom is -0.507 e. The number of carbonyl (C=O) groups excluding carboxylic acids is 4. The average Bonchev–Trinajstić information content (AvgIpc) is 3.19. The van der Waals surface area contributed by atoms with Crippen molar-refractivity contribution in [3.8, 4) is 11.5 Å². The Bertz CT molecular complexity index is 2130. The predicted octanol–water partition coefficient (Wildman–Crippen LogP) is 3.22. The van der Waals surface area contributed by atoms with Gasteiger partial charge in [-0.15, -0.1) is 0 Å². The van der Waals surface area contributed by atoms with Crippen molar-refractivity contribution in [2.75, 3.05) is 13.7 Å². The number of methoxy groups -OCH3 is 1. The van der Waals surface area contributed by atoms with E-state index in [1.807, 2.05) is 0 Å². The lowest BCUT2D eigenvalue weighted by molar-refractivity contribution is -0.154. The van der Waals surface area contributed by atoms with Gasteiger partial charge in [0, 0.05) is 36.7 Å². The molecule has 2 bridgehead atoms. The van der Waals surface area contributed by atoms with Crippen molar-refractivity contribution >= 4 is 40.2 Å². The van der Waals surface area contributed by atoms with Gasteiger partial charge < -0.3 is 29.5 Å². The van der Waals surface area contributed by atoms with Gasteiger partial charge in [-0.1, -0.05) is 20.3 Å². The number of cyclic esters (lactones) is 1. The van der Waals surface area contributed by atoms with Crippen LogP contribution in [0.15, 0.2) is 23.1 Å². The molecule has 1 saturated carbocycles. The summed E-state index contributed by atoms with van der Waals surface area (Å²) in [5, 5.41) is 32.3. The highest BCUT2D eigenvalue weighted by molar-refractivity contribution is 6.19. The minimum atomic E-state index is -1.94. The first-order valence-electron chi connectivity index (χ1n) is 15.6. The van der Waals surface area contributed by atoms with Crippen LogP contribution in [0.1, 0.15) is 86.6 Å². The number of ether oxygens (including phenoxy) is 3. The molecule has 4 aliphatic rings. The maximum Gasteiger partial charge on any atom is 0.342 e. The van der Waals surface area contributed by atoms with E-state index in [2.05, 4.69) is 0 Å². The van der Waals surface area contributed by atoms with Crippen molar-refractivity contribution in [3.63, 3.8) is 0 Å². The molecular weight excluding hydrogens is 626 g/mol. The Labute approximate surface area is 273 Å². The molecule has 7 rings (SSSR count). The summed E-state index contributed by atoms with van der Waals surface area (Å²) < 4.78 is 18.9. The Morgan fingerprint density at radius 1 is 1.02 bits per heavy atom. The number of phenols is 2. The van der Waals surface area contributed by atoms with Gasteiger partial charge in [0.2, 0.25) is 0 Å². The number of hydrogen-bond acceptors (Lipinski definition) is 11. The summed E-state index contributed by atoms with van der Waals surface area (Å²) in [6, 6.07) is 1.14. The number of aromatic hydroxyl groups is 2. The molecule has 0 saturated heterocycles. The molecule has 48 heavy (non-hydrogen) atoms. The van der Waals surface area contributed by atoms with Gasteiger partial charge in [0.05, 0.1) is 22.6 Å². The van der Waals surface area contributed by atoms with E-state index in [-0.39, 0.29) is 38.6 Å². The summed E-state index contributed by atoms with van der Waals surface area (Å²) in [5.74, 6) is -8.81. The van der Waals surface area contributed by atoms with Crippen LogP contribution >= 0.6 is 0 Å². The molecule has 13 heteroatoms. The third-order valence-electron chi connectivity index (χ3n) is 11.1. The highest BCUT2D eigenvalue weighted by atomic mass is 16.6. The number of aromatic nitrogens is 1. The van der Waals surface area contributed by atoms with E-state index in [0.717, 1.165) is 11.5 Å². The van der Waals surface area contributed by atoms with E-state index in [4.69, 9.17) is 14.2 Å². The molecule has 7 atom stereocenters. The van der Waals surface area contributed by atoms with Crippen molar-refractivity contribution in [3.05, 3.63) is 67.6 Å². The van der Waals surface area contributed by atoms with Gasteiger partial charge >= 0.3 is 17.9 Å². The number of ketones is 2. The largest absolute Gasteiger partial charge is 0.507 e. The molecule has 2 aromatic carbocycles. The van der Waals surface area contributed by atoms with Crippen LogP contribution in [0.2, 0.25) is 0 Å². The average molecular weight is 660 g/mol. The highest BCUT2D eigenvalue weighted by Gasteiger charge is 2.80. The Kier molecular flexibility index (Phi) is 6.56. The van der Waals surface area contributed by atoms with Crippen LogP contribution < -0.4 is 5.56 Å². The number of phenolic OH excluding ortho intramolecular Hbond substituents is 2. The molecule has 0 radical (unpaired) electrons. The summed E-state index contributed by atoms with van der Waals surface area (Å²) in [6.45, 7) is 7.20. The number of carboxylic acid groups (broad SMARTS) is 1. The number of aliphatic carboxylic acids is 1. The van der Waals surface area contributed by atoms with E-state index in [9.17, 15) is 39.3 Å². The number of carboxylic acids is 1. The zero-order valence-electron chi connectivity index (χ0n) is 27.0. The summed E-state index contributed by atoms with van der Waals surface area (Å²) in [7, 11) is 1.29. The number of nitrogens with zero attached hydrogens (tertiary/aromatic N) is 1. The van der Waals surface area contributed by atoms with Crippen molar-refractivity contribution in [1.29, 1.82) is 0 Å². The van der Waals surface area contributed by atoms with Gasteiger partial charge in [0.25, 0.3) is 5.56 Å². The molecule has 1 aliphatic heterocycles. The Morgan fingerprint density at radius 3 is 2.29 bits per heavy atom. The van der Waals surface area contributed by atoms with Crippen molar-refractivity contribution in [2.24, 2.45) is 17.8 Å². The fourth-order valence-corrected chi connectivity index (χ4v) is 9.32. The summed E-state index contributed by atoms with van der Waals surface area (Å²) in [5.41, 5.74) is -4.12. The molecule has 3 aromatic rings. The Hall–Kier alpha value is -5.04. The molecule has 2 heterocycles. The molecule has 1 aromatic heterocycles. The second-order valence-electron chi connectivity index (χ2n) is 13.4. The number of esters is 2. The molecule has 250 valence electrons. The summed E-state index contributed by atoms with van der Waals surface area (Å²) in [6.07, 6.45) is 0.0993. The van der Waals surface area contributed by atoms with Crippen molar-refractivity contribution < 1.29 is 53.5 Å². The number of aryl methyl sites for hydroxylation is 2. The molecule has 1 fully saturated rings. The quantitative estimate of drug-likeness (QED) is 0.328. The highest BCUT2D eigenvalue weighted by Crippen LogP contribution is 2.70. The lowest BCUT2D eigenvalue weighted by atomic mass is 9.59. The monoisotopic (exact) mass is 659 g/mol. The van der Waals surface area contributed by atoms with E-state index >= 15 is 4.79 Å². The number of Topliss-reactive ketones (excluding diaryl/α,β-unsaturated/α-hetero) is 2. The third-order valence-corrected chi connectivity index (χ3v) is 11.1. The number of hydrogen-bond donors (Lipinski definition) is 3. The molecule has 0 unspecified atom stereocenters. The second kappa shape index (κ2) is 9.99. The molecule has 0 amide bonds. The van der Waals surface area contributed by atoms with Crippen LogP contribution in [-0.4, -0.2) is 69.2 Å². The smallest absolute Gasteiger partial charge is 0.342 e. The maximum absolute atomic E-state index is 15.3. The topological polar surface area (TPSA) is 196 Å². The Morgan fingerprint density at radius 2 is 1.69 bits per heavy atom. The fourth-order valence-electron chi connectivity index (χ4n) is 9.32. The van der Waals surface area contributed by atoms with Crippen LogP contribution in [0.4, 0.5) is 0 Å². The van der Waals surface area contributed by atoms with Gasteiger partial charge in [-0.2, -0.15) is 0 Å². The number of benzene rings is 2. The van der Waals surface area contributed by atoms with Crippen LogP contribution in [0.5, 0.6) is 11.5 Å². The van der Waals surface area contributed by atoms with Gasteiger partial charge in [0.15, 0.2) is 11.6 Å². The van der Waals surface area contributed by atoms with Crippen molar-refractivity contribution in [1.82, 2.24) is 4.57 Å². The van der Waals surface area contributed by atoms with Crippen LogP contribution in [0.3, 0.4) is 0 Å². The SMILES string of the molecule is CC[C@@H](C)[C@H](C(=O)O)n1cc2c3c(c(C)cc(O)c3c1=O)[C@]1(OC)[C@H](C2=O)[C@]23COC(=O)c4c(O)cc(C)c(c42)C(=O)[C@H]1[C@@H]3OC(C)=O. The van der Waals surface area contributed by atoms with Gasteiger partial charge in [0.1, 0.15) is 41.4 Å². The van der Waals surface area contributed by atoms with Gasteiger partial charge in [-0.3, -0.25) is 23.7 Å². The van der Waals surface area contributed by atoms with Crippen LogP contribution in [0, 0.1) is 31.6 Å². The number of carbonyl (C=O) groups is 5. The van der Waals surface area contributed by atoms with Crippen molar-refractivity contribution in [2.45, 2.75) is 64.2 Å². The second-order valence-corrected chi connectivity index (χ2v) is 13.4. The van der Waals surface area contributed by atoms with Crippen LogP contribution in [0.25, 0.3) is 10.8 Å². The zero-order valence-corrected chi connectivity index (χ0v) is 27.0. The van der Waals surface area contributed by atoms with Crippen LogP contribution in [-0.2, 0) is 34.8 Å². The first-order chi connectivity index (χ1) is 22.6. The lowest BCUT2D eigenvalue weighted by Gasteiger charge is -2.47.